The number of nitrogens with zero attached hydrogens (tertiary/aromatic N) is 2. The maximum Gasteiger partial charge on any atom is 0.244 e. The van der Waals surface area contributed by atoms with Gasteiger partial charge in [0.1, 0.15) is 12.6 Å². The quantitative estimate of drug-likeness (QED) is 0.522. The van der Waals surface area contributed by atoms with Crippen LogP contribution in [0, 0.1) is 13.8 Å². The molecule has 8 heteroatoms. The number of rotatable bonds is 11. The van der Waals surface area contributed by atoms with Gasteiger partial charge in [0, 0.05) is 12.6 Å². The van der Waals surface area contributed by atoms with Crippen LogP contribution in [-0.4, -0.2) is 50.0 Å². The molecule has 0 radical (unpaired) electrons. The summed E-state index contributed by atoms with van der Waals surface area (Å²) in [5.41, 5.74) is 3.15. The summed E-state index contributed by atoms with van der Waals surface area (Å²) >= 11 is 0. The molecule has 34 heavy (non-hydrogen) atoms. The first-order chi connectivity index (χ1) is 16.0. The summed E-state index contributed by atoms with van der Waals surface area (Å²) in [7, 11) is -3.74. The topological polar surface area (TPSA) is 86.8 Å². The first-order valence-electron chi connectivity index (χ1n) is 11.7. The highest BCUT2D eigenvalue weighted by molar-refractivity contribution is 7.92. The summed E-state index contributed by atoms with van der Waals surface area (Å²) in [4.78, 5) is 28.3. The van der Waals surface area contributed by atoms with Crippen molar-refractivity contribution in [1.29, 1.82) is 0 Å². The van der Waals surface area contributed by atoms with Gasteiger partial charge in [0.15, 0.2) is 0 Å². The molecule has 0 aliphatic carbocycles. The lowest BCUT2D eigenvalue weighted by Crippen LogP contribution is -2.53. The fraction of sp³-hybridized carbons (Fsp3) is 0.462. The van der Waals surface area contributed by atoms with Crippen molar-refractivity contribution in [3.63, 3.8) is 0 Å². The summed E-state index contributed by atoms with van der Waals surface area (Å²) in [5, 5.41) is 2.97. The Morgan fingerprint density at radius 1 is 0.971 bits per heavy atom. The highest BCUT2D eigenvalue weighted by atomic mass is 32.2. The first kappa shape index (κ1) is 27.4. The molecular weight excluding hydrogens is 450 g/mol. The van der Waals surface area contributed by atoms with E-state index in [0.717, 1.165) is 33.7 Å². The molecular formula is C26H37N3O4S. The van der Waals surface area contributed by atoms with Crippen LogP contribution in [0.2, 0.25) is 0 Å². The zero-order valence-corrected chi connectivity index (χ0v) is 21.9. The van der Waals surface area contributed by atoms with Crippen molar-refractivity contribution < 1.29 is 18.0 Å². The van der Waals surface area contributed by atoms with Gasteiger partial charge in [-0.2, -0.15) is 0 Å². The van der Waals surface area contributed by atoms with Gasteiger partial charge in [-0.1, -0.05) is 61.9 Å². The molecule has 7 nitrogen and oxygen atoms in total. The van der Waals surface area contributed by atoms with Crippen LogP contribution in [0.25, 0.3) is 0 Å². The van der Waals surface area contributed by atoms with E-state index in [2.05, 4.69) is 5.32 Å². The highest BCUT2D eigenvalue weighted by Crippen LogP contribution is 2.23. The van der Waals surface area contributed by atoms with Crippen LogP contribution in [0.15, 0.2) is 48.5 Å². The Morgan fingerprint density at radius 3 is 2.12 bits per heavy atom. The van der Waals surface area contributed by atoms with Gasteiger partial charge in [0.05, 0.1) is 11.9 Å². The molecule has 0 aromatic heterocycles. The van der Waals surface area contributed by atoms with Gasteiger partial charge in [0.2, 0.25) is 21.8 Å². The number of para-hydroxylation sites is 1. The number of hydrogen-bond donors (Lipinski definition) is 1. The number of amides is 2. The Hall–Kier alpha value is -2.87. The molecule has 0 aliphatic heterocycles. The zero-order valence-electron chi connectivity index (χ0n) is 21.0. The maximum atomic E-state index is 13.7. The number of carbonyl (C=O) groups excluding carboxylic acids is 2. The summed E-state index contributed by atoms with van der Waals surface area (Å²) in [5.74, 6) is -0.667. The molecule has 0 bridgehead atoms. The van der Waals surface area contributed by atoms with Crippen LogP contribution in [0.4, 0.5) is 5.69 Å². The lowest BCUT2D eigenvalue weighted by atomic mass is 10.1. The standard InChI is InChI=1S/C26H37N3O4S/c1-7-21(5)27-26(31)23(8-2)28(17-22-15-13-19(3)14-16-22)25(30)18-29(34(6,32)33)24-12-10-9-11-20(24)4/h9-16,21,23H,7-8,17-18H2,1-6H3,(H,27,31)/t21-,23-/m1/s1. The Bertz CT molecular complexity index is 1080. The predicted molar refractivity (Wildman–Crippen MR) is 137 cm³/mol. The van der Waals surface area contributed by atoms with Gasteiger partial charge in [-0.15, -0.1) is 0 Å². The number of carbonyl (C=O) groups is 2. The average Bonchev–Trinajstić information content (AvgIpc) is 2.78. The molecule has 2 aromatic carbocycles. The summed E-state index contributed by atoms with van der Waals surface area (Å²) in [6.45, 7) is 9.35. The van der Waals surface area contributed by atoms with Crippen LogP contribution in [0.1, 0.15) is 50.3 Å². The highest BCUT2D eigenvalue weighted by Gasteiger charge is 2.32. The fourth-order valence-corrected chi connectivity index (χ4v) is 4.60. The third-order valence-electron chi connectivity index (χ3n) is 5.92. The molecule has 1 N–H and O–H groups in total. The number of benzene rings is 2. The Kier molecular flexibility index (Phi) is 9.67. The Labute approximate surface area is 204 Å². The number of anilines is 1. The van der Waals surface area contributed by atoms with Crippen LogP contribution in [0.3, 0.4) is 0 Å². The minimum absolute atomic E-state index is 0.0302. The van der Waals surface area contributed by atoms with E-state index in [1.165, 1.54) is 4.90 Å². The van der Waals surface area contributed by atoms with Crippen molar-refractivity contribution in [3.05, 3.63) is 65.2 Å². The van der Waals surface area contributed by atoms with Crippen molar-refractivity contribution in [3.8, 4) is 0 Å². The SMILES string of the molecule is CC[C@@H](C)NC(=O)[C@@H](CC)N(Cc1ccc(C)cc1)C(=O)CN(c1ccccc1C)S(C)(=O)=O. The monoisotopic (exact) mass is 487 g/mol. The third-order valence-corrected chi connectivity index (χ3v) is 7.05. The second-order valence-electron chi connectivity index (χ2n) is 8.81. The third kappa shape index (κ3) is 7.32. The molecule has 2 amide bonds. The molecule has 2 atom stereocenters. The lowest BCUT2D eigenvalue weighted by molar-refractivity contribution is -0.140. The van der Waals surface area contributed by atoms with E-state index in [4.69, 9.17) is 0 Å². The number of hydrogen-bond acceptors (Lipinski definition) is 4. The summed E-state index contributed by atoms with van der Waals surface area (Å²) in [6.07, 6.45) is 2.26. The molecule has 0 spiro atoms. The molecule has 2 rings (SSSR count). The number of aryl methyl sites for hydroxylation is 2. The minimum Gasteiger partial charge on any atom is -0.352 e. The van der Waals surface area contributed by atoms with Gasteiger partial charge in [0.25, 0.3) is 0 Å². The zero-order chi connectivity index (χ0) is 25.5. The van der Waals surface area contributed by atoms with E-state index in [1.54, 1.807) is 25.1 Å². The van der Waals surface area contributed by atoms with Crippen molar-refractivity contribution >= 4 is 27.5 Å². The van der Waals surface area contributed by atoms with Gasteiger partial charge in [-0.25, -0.2) is 8.42 Å². The van der Waals surface area contributed by atoms with E-state index >= 15 is 0 Å². The van der Waals surface area contributed by atoms with Crippen molar-refractivity contribution in [2.75, 3.05) is 17.1 Å². The normalized spacial score (nSPS) is 13.1. The Balaban J connectivity index is 2.44. The van der Waals surface area contributed by atoms with Crippen LogP contribution in [-0.2, 0) is 26.2 Å². The molecule has 0 fully saturated rings. The van der Waals surface area contributed by atoms with Gasteiger partial charge in [-0.3, -0.25) is 13.9 Å². The van der Waals surface area contributed by atoms with E-state index in [1.807, 2.05) is 58.0 Å². The molecule has 0 saturated carbocycles. The average molecular weight is 488 g/mol. The number of nitrogens with one attached hydrogen (secondary N) is 1. The largest absolute Gasteiger partial charge is 0.352 e. The molecule has 0 heterocycles. The maximum absolute atomic E-state index is 13.7. The van der Waals surface area contributed by atoms with Crippen LogP contribution >= 0.6 is 0 Å². The fourth-order valence-electron chi connectivity index (χ4n) is 3.69. The smallest absolute Gasteiger partial charge is 0.244 e. The molecule has 0 saturated heterocycles. The molecule has 2 aromatic rings. The van der Waals surface area contributed by atoms with E-state index < -0.39 is 22.0 Å². The second kappa shape index (κ2) is 12.0. The van der Waals surface area contributed by atoms with E-state index in [0.29, 0.717) is 12.1 Å². The van der Waals surface area contributed by atoms with Gasteiger partial charge in [-0.05, 0) is 50.8 Å². The van der Waals surface area contributed by atoms with Crippen molar-refractivity contribution in [1.82, 2.24) is 10.2 Å². The van der Waals surface area contributed by atoms with Crippen LogP contribution in [0.5, 0.6) is 0 Å². The van der Waals surface area contributed by atoms with E-state index in [9.17, 15) is 18.0 Å². The molecule has 0 unspecified atom stereocenters. The minimum atomic E-state index is -3.74. The summed E-state index contributed by atoms with van der Waals surface area (Å²) < 4.78 is 26.5. The van der Waals surface area contributed by atoms with E-state index in [-0.39, 0.29) is 25.0 Å². The van der Waals surface area contributed by atoms with Crippen molar-refractivity contribution in [2.24, 2.45) is 0 Å². The second-order valence-corrected chi connectivity index (χ2v) is 10.7. The van der Waals surface area contributed by atoms with Crippen LogP contribution < -0.4 is 9.62 Å². The molecule has 186 valence electrons. The Morgan fingerprint density at radius 2 is 1.59 bits per heavy atom. The summed E-state index contributed by atoms with van der Waals surface area (Å²) in [6, 6.07) is 14.0. The van der Waals surface area contributed by atoms with Gasteiger partial charge >= 0.3 is 0 Å². The predicted octanol–water partition coefficient (Wildman–Crippen LogP) is 3.79. The number of sulfonamides is 1. The first-order valence-corrected chi connectivity index (χ1v) is 13.5. The molecule has 0 aliphatic rings. The van der Waals surface area contributed by atoms with Gasteiger partial charge < -0.3 is 10.2 Å². The lowest BCUT2D eigenvalue weighted by Gasteiger charge is -2.33. The van der Waals surface area contributed by atoms with Crippen molar-refractivity contribution in [2.45, 2.75) is 66.1 Å².